The minimum atomic E-state index is -0.239. The number of hydrogen-bond acceptors (Lipinski definition) is 3. The van der Waals surface area contributed by atoms with E-state index in [0.29, 0.717) is 23.4 Å². The van der Waals surface area contributed by atoms with Gasteiger partial charge in [0.1, 0.15) is 5.75 Å². The van der Waals surface area contributed by atoms with Crippen LogP contribution in [-0.2, 0) is 6.54 Å². The lowest BCUT2D eigenvalue weighted by molar-refractivity contribution is 0.0949. The highest BCUT2D eigenvalue weighted by molar-refractivity contribution is 6.05. The number of nitrogens with one attached hydrogen (secondary N) is 2. The minimum Gasteiger partial charge on any atom is -0.497 e. The second-order valence-electron chi connectivity index (χ2n) is 6.37. The van der Waals surface area contributed by atoms with Crippen LogP contribution in [0.1, 0.15) is 31.8 Å². The number of benzene rings is 3. The van der Waals surface area contributed by atoms with E-state index in [0.717, 1.165) is 16.9 Å². The van der Waals surface area contributed by atoms with Crippen molar-refractivity contribution in [2.45, 2.75) is 13.5 Å². The lowest BCUT2D eigenvalue weighted by Gasteiger charge is -2.09. The van der Waals surface area contributed by atoms with E-state index in [1.165, 1.54) is 0 Å². The van der Waals surface area contributed by atoms with Gasteiger partial charge in [-0.15, -0.1) is 0 Å². The zero-order valence-corrected chi connectivity index (χ0v) is 15.9. The van der Waals surface area contributed by atoms with Gasteiger partial charge < -0.3 is 15.4 Å². The molecule has 0 radical (unpaired) electrons. The molecule has 0 aliphatic carbocycles. The number of rotatable bonds is 6. The standard InChI is InChI=1S/C23H22N2O3/c1-16-5-3-4-6-19(16)15-24-22(26)17-7-9-18(10-8-17)23(27)25-20-11-13-21(28-2)14-12-20/h3-14H,15H2,1-2H3,(H,24,26)(H,25,27). The molecule has 2 N–H and O–H groups in total. The van der Waals surface area contributed by atoms with Crippen LogP contribution in [-0.4, -0.2) is 18.9 Å². The van der Waals surface area contributed by atoms with E-state index in [4.69, 9.17) is 4.74 Å². The van der Waals surface area contributed by atoms with Gasteiger partial charge in [-0.3, -0.25) is 9.59 Å². The number of ether oxygens (including phenoxy) is 1. The number of anilines is 1. The van der Waals surface area contributed by atoms with Crippen molar-refractivity contribution in [3.05, 3.63) is 95.1 Å². The summed E-state index contributed by atoms with van der Waals surface area (Å²) in [5.74, 6) is 0.307. The highest BCUT2D eigenvalue weighted by atomic mass is 16.5. The van der Waals surface area contributed by atoms with E-state index in [9.17, 15) is 9.59 Å². The van der Waals surface area contributed by atoms with Crippen molar-refractivity contribution in [1.29, 1.82) is 0 Å². The summed E-state index contributed by atoms with van der Waals surface area (Å²) in [6.45, 7) is 2.48. The largest absolute Gasteiger partial charge is 0.497 e. The quantitative estimate of drug-likeness (QED) is 0.680. The molecule has 0 heterocycles. The lowest BCUT2D eigenvalue weighted by atomic mass is 10.1. The Labute approximate surface area is 164 Å². The average Bonchev–Trinajstić information content (AvgIpc) is 2.73. The molecule has 3 aromatic rings. The number of hydrogen-bond donors (Lipinski definition) is 2. The van der Waals surface area contributed by atoms with Gasteiger partial charge in [0.05, 0.1) is 7.11 Å². The summed E-state index contributed by atoms with van der Waals surface area (Å²) < 4.78 is 5.10. The number of methoxy groups -OCH3 is 1. The first-order chi connectivity index (χ1) is 13.6. The molecule has 5 nitrogen and oxygen atoms in total. The van der Waals surface area contributed by atoms with Gasteiger partial charge in [-0.1, -0.05) is 24.3 Å². The molecule has 0 unspecified atom stereocenters. The fraction of sp³-hybridized carbons (Fsp3) is 0.130. The number of amides is 2. The highest BCUT2D eigenvalue weighted by Gasteiger charge is 2.10. The fourth-order valence-corrected chi connectivity index (χ4v) is 2.74. The molecule has 0 saturated carbocycles. The Bertz CT molecular complexity index is 964. The molecule has 3 rings (SSSR count). The molecule has 0 aliphatic heterocycles. The van der Waals surface area contributed by atoms with E-state index in [1.54, 1.807) is 55.6 Å². The first-order valence-corrected chi connectivity index (χ1v) is 8.95. The van der Waals surface area contributed by atoms with Gasteiger partial charge >= 0.3 is 0 Å². The van der Waals surface area contributed by atoms with Crippen molar-refractivity contribution in [3.63, 3.8) is 0 Å². The van der Waals surface area contributed by atoms with Crippen molar-refractivity contribution in [2.24, 2.45) is 0 Å². The van der Waals surface area contributed by atoms with Crippen LogP contribution in [0, 0.1) is 6.92 Å². The maximum absolute atomic E-state index is 12.4. The van der Waals surface area contributed by atoms with Crippen molar-refractivity contribution >= 4 is 17.5 Å². The van der Waals surface area contributed by atoms with Crippen LogP contribution in [0.25, 0.3) is 0 Å². The Morgan fingerprint density at radius 3 is 2.04 bits per heavy atom. The van der Waals surface area contributed by atoms with Gasteiger partial charge in [0.15, 0.2) is 0 Å². The Balaban J connectivity index is 1.59. The first-order valence-electron chi connectivity index (χ1n) is 8.95. The second-order valence-corrected chi connectivity index (χ2v) is 6.37. The van der Waals surface area contributed by atoms with Gasteiger partial charge in [0.25, 0.3) is 11.8 Å². The van der Waals surface area contributed by atoms with E-state index >= 15 is 0 Å². The van der Waals surface area contributed by atoms with Crippen LogP contribution < -0.4 is 15.4 Å². The Morgan fingerprint density at radius 2 is 1.43 bits per heavy atom. The third kappa shape index (κ3) is 4.76. The summed E-state index contributed by atoms with van der Waals surface area (Å²) in [4.78, 5) is 24.7. The van der Waals surface area contributed by atoms with Crippen molar-refractivity contribution < 1.29 is 14.3 Å². The van der Waals surface area contributed by atoms with Gasteiger partial charge in [0, 0.05) is 23.4 Å². The van der Waals surface area contributed by atoms with E-state index in [2.05, 4.69) is 10.6 Å². The molecule has 28 heavy (non-hydrogen) atoms. The van der Waals surface area contributed by atoms with E-state index in [-0.39, 0.29) is 11.8 Å². The molecule has 0 aromatic heterocycles. The van der Waals surface area contributed by atoms with Crippen molar-refractivity contribution in [2.75, 3.05) is 12.4 Å². The summed E-state index contributed by atoms with van der Waals surface area (Å²) >= 11 is 0. The number of carbonyl (C=O) groups is 2. The second kappa shape index (κ2) is 8.86. The SMILES string of the molecule is COc1ccc(NC(=O)c2ccc(C(=O)NCc3ccccc3C)cc2)cc1. The molecule has 0 fully saturated rings. The maximum Gasteiger partial charge on any atom is 0.255 e. The lowest BCUT2D eigenvalue weighted by Crippen LogP contribution is -2.23. The molecule has 0 atom stereocenters. The molecule has 0 aliphatic rings. The van der Waals surface area contributed by atoms with Gasteiger partial charge in [0.2, 0.25) is 0 Å². The number of aryl methyl sites for hydroxylation is 1. The van der Waals surface area contributed by atoms with Crippen LogP contribution in [0.5, 0.6) is 5.75 Å². The first kappa shape index (κ1) is 19.2. The molecule has 5 heteroatoms. The average molecular weight is 374 g/mol. The highest BCUT2D eigenvalue weighted by Crippen LogP contribution is 2.16. The van der Waals surface area contributed by atoms with Crippen molar-refractivity contribution in [1.82, 2.24) is 5.32 Å². The number of carbonyl (C=O) groups excluding carboxylic acids is 2. The third-order valence-electron chi connectivity index (χ3n) is 4.46. The molecule has 0 spiro atoms. The van der Waals surface area contributed by atoms with Crippen LogP contribution in [0.15, 0.2) is 72.8 Å². The zero-order valence-electron chi connectivity index (χ0n) is 15.9. The Morgan fingerprint density at radius 1 is 0.821 bits per heavy atom. The molecular weight excluding hydrogens is 352 g/mol. The Hall–Kier alpha value is -3.60. The molecule has 3 aromatic carbocycles. The topological polar surface area (TPSA) is 67.4 Å². The van der Waals surface area contributed by atoms with Crippen LogP contribution >= 0.6 is 0 Å². The summed E-state index contributed by atoms with van der Waals surface area (Å²) in [7, 11) is 1.59. The Kier molecular flexibility index (Phi) is 6.07. The maximum atomic E-state index is 12.4. The van der Waals surface area contributed by atoms with Crippen LogP contribution in [0.3, 0.4) is 0 Å². The summed E-state index contributed by atoms with van der Waals surface area (Å²) in [5.41, 5.74) is 3.87. The van der Waals surface area contributed by atoms with Gasteiger partial charge in [-0.25, -0.2) is 0 Å². The predicted octanol–water partition coefficient (Wildman–Crippen LogP) is 4.19. The minimum absolute atomic E-state index is 0.176. The monoisotopic (exact) mass is 374 g/mol. The normalized spacial score (nSPS) is 10.2. The molecule has 0 saturated heterocycles. The molecular formula is C23H22N2O3. The fourth-order valence-electron chi connectivity index (χ4n) is 2.74. The summed E-state index contributed by atoms with van der Waals surface area (Å²) in [6.07, 6.45) is 0. The van der Waals surface area contributed by atoms with Crippen molar-refractivity contribution in [3.8, 4) is 5.75 Å². The van der Waals surface area contributed by atoms with Gasteiger partial charge in [-0.2, -0.15) is 0 Å². The summed E-state index contributed by atoms with van der Waals surface area (Å²) in [6, 6.07) is 21.6. The van der Waals surface area contributed by atoms with Crippen LogP contribution in [0.2, 0.25) is 0 Å². The van der Waals surface area contributed by atoms with E-state index in [1.807, 2.05) is 31.2 Å². The van der Waals surface area contributed by atoms with Gasteiger partial charge in [-0.05, 0) is 66.6 Å². The smallest absolute Gasteiger partial charge is 0.255 e. The predicted molar refractivity (Wildman–Crippen MR) is 110 cm³/mol. The third-order valence-corrected chi connectivity index (χ3v) is 4.46. The molecule has 0 bridgehead atoms. The molecule has 2 amide bonds. The van der Waals surface area contributed by atoms with E-state index < -0.39 is 0 Å². The zero-order chi connectivity index (χ0) is 19.9. The molecule has 142 valence electrons. The van der Waals surface area contributed by atoms with Crippen LogP contribution in [0.4, 0.5) is 5.69 Å². The summed E-state index contributed by atoms with van der Waals surface area (Å²) in [5, 5.41) is 5.72.